The van der Waals surface area contributed by atoms with Crippen molar-refractivity contribution in [1.82, 2.24) is 9.97 Å². The topological polar surface area (TPSA) is 73.1 Å². The number of nitrogens with one attached hydrogen (secondary N) is 1. The Labute approximate surface area is 90.5 Å². The normalized spacial score (nSPS) is 10.5. The van der Waals surface area contributed by atoms with E-state index < -0.39 is 0 Å². The first-order valence-corrected chi connectivity index (χ1v) is 4.80. The predicted octanol–water partition coefficient (Wildman–Crippen LogP) is 1.48. The quantitative estimate of drug-likeness (QED) is 0.486. The third-order valence-electron chi connectivity index (χ3n) is 1.39. The first-order chi connectivity index (χ1) is 6.77. The molecule has 14 heavy (non-hydrogen) atoms. The molecule has 0 aliphatic carbocycles. The Morgan fingerprint density at radius 1 is 1.71 bits per heavy atom. The molecule has 0 bridgehead atoms. The summed E-state index contributed by atoms with van der Waals surface area (Å²) in [5, 5.41) is 0. The van der Waals surface area contributed by atoms with Gasteiger partial charge in [-0.1, -0.05) is 12.2 Å². The predicted molar refractivity (Wildman–Crippen MR) is 57.9 cm³/mol. The van der Waals surface area contributed by atoms with Crippen LogP contribution < -0.4 is 16.0 Å². The van der Waals surface area contributed by atoms with Gasteiger partial charge >= 0.3 is 0 Å². The number of aromatic nitrogens is 2. The number of hydrazine groups is 1. The first-order valence-electron chi connectivity index (χ1n) is 4.01. The second kappa shape index (κ2) is 5.56. The van der Waals surface area contributed by atoms with Crippen molar-refractivity contribution in [2.24, 2.45) is 5.84 Å². The molecule has 1 aromatic rings. The van der Waals surface area contributed by atoms with Crippen LogP contribution in [0.1, 0.15) is 6.92 Å². The standard InChI is InChI=1S/C8H11BrN4O/c1-2-3-4-14-7-6(9)5-11-8(12-7)13-10/h2-3,5H,4,10H2,1H3,(H,11,12,13)/b3-2+. The van der Waals surface area contributed by atoms with Crippen molar-refractivity contribution in [1.29, 1.82) is 0 Å². The van der Waals surface area contributed by atoms with Crippen LogP contribution in [-0.4, -0.2) is 16.6 Å². The second-order valence-electron chi connectivity index (χ2n) is 2.37. The number of nitrogen functional groups attached to an aromatic ring is 1. The van der Waals surface area contributed by atoms with Crippen molar-refractivity contribution in [2.45, 2.75) is 6.92 Å². The molecule has 0 spiro atoms. The fraction of sp³-hybridized carbons (Fsp3) is 0.250. The molecule has 0 radical (unpaired) electrons. The minimum Gasteiger partial charge on any atom is -0.473 e. The maximum Gasteiger partial charge on any atom is 0.240 e. The Morgan fingerprint density at radius 3 is 3.14 bits per heavy atom. The molecule has 1 aromatic heterocycles. The Hall–Kier alpha value is -1.14. The number of halogens is 1. The summed E-state index contributed by atoms with van der Waals surface area (Å²) in [4.78, 5) is 7.91. The number of nitrogens with two attached hydrogens (primary N) is 1. The van der Waals surface area contributed by atoms with E-state index in [4.69, 9.17) is 10.6 Å². The van der Waals surface area contributed by atoms with E-state index in [0.717, 1.165) is 0 Å². The van der Waals surface area contributed by atoms with Crippen LogP contribution in [0.5, 0.6) is 5.88 Å². The van der Waals surface area contributed by atoms with Gasteiger partial charge in [-0.2, -0.15) is 4.98 Å². The van der Waals surface area contributed by atoms with E-state index in [0.29, 0.717) is 22.9 Å². The summed E-state index contributed by atoms with van der Waals surface area (Å²) in [6.07, 6.45) is 5.36. The van der Waals surface area contributed by atoms with Crippen LogP contribution in [0.2, 0.25) is 0 Å². The summed E-state index contributed by atoms with van der Waals surface area (Å²) in [5.74, 6) is 5.95. The monoisotopic (exact) mass is 258 g/mol. The fourth-order valence-electron chi connectivity index (χ4n) is 0.746. The summed E-state index contributed by atoms with van der Waals surface area (Å²) < 4.78 is 6.03. The molecule has 0 amide bonds. The zero-order valence-electron chi connectivity index (χ0n) is 7.70. The Balaban J connectivity index is 2.73. The molecule has 0 fully saturated rings. The van der Waals surface area contributed by atoms with Gasteiger partial charge in [0.2, 0.25) is 11.8 Å². The molecule has 1 heterocycles. The molecular formula is C8H11BrN4O. The maximum absolute atomic E-state index is 5.34. The highest BCUT2D eigenvalue weighted by Gasteiger charge is 2.04. The molecule has 0 aliphatic rings. The highest BCUT2D eigenvalue weighted by molar-refractivity contribution is 9.10. The average Bonchev–Trinajstić information content (AvgIpc) is 2.21. The highest BCUT2D eigenvalue weighted by Crippen LogP contribution is 2.21. The zero-order valence-corrected chi connectivity index (χ0v) is 9.28. The SMILES string of the molecule is C/C=C/COc1nc(NN)ncc1Br. The van der Waals surface area contributed by atoms with Gasteiger partial charge in [0, 0.05) is 0 Å². The van der Waals surface area contributed by atoms with Gasteiger partial charge in [0.15, 0.2) is 0 Å². The van der Waals surface area contributed by atoms with E-state index in [2.05, 4.69) is 31.3 Å². The summed E-state index contributed by atoms with van der Waals surface area (Å²) in [5.41, 5.74) is 2.34. The molecule has 0 saturated heterocycles. The number of allylic oxidation sites excluding steroid dienone is 1. The number of anilines is 1. The summed E-state index contributed by atoms with van der Waals surface area (Å²) in [6, 6.07) is 0. The largest absolute Gasteiger partial charge is 0.473 e. The van der Waals surface area contributed by atoms with E-state index in [1.165, 1.54) is 0 Å². The lowest BCUT2D eigenvalue weighted by molar-refractivity contribution is 0.345. The van der Waals surface area contributed by atoms with E-state index in [1.54, 1.807) is 6.20 Å². The molecule has 5 nitrogen and oxygen atoms in total. The second-order valence-corrected chi connectivity index (χ2v) is 3.23. The Bertz CT molecular complexity index is 329. The lowest BCUT2D eigenvalue weighted by Gasteiger charge is -2.05. The number of hydrogen-bond acceptors (Lipinski definition) is 5. The lowest BCUT2D eigenvalue weighted by Crippen LogP contribution is -2.11. The molecule has 76 valence electrons. The average molecular weight is 259 g/mol. The zero-order chi connectivity index (χ0) is 10.4. The van der Waals surface area contributed by atoms with Gasteiger partial charge in [-0.05, 0) is 22.9 Å². The number of nitrogens with zero attached hydrogens (tertiary/aromatic N) is 2. The number of hydrogen-bond donors (Lipinski definition) is 2. The minimum absolute atomic E-state index is 0.323. The molecular weight excluding hydrogens is 248 g/mol. The smallest absolute Gasteiger partial charge is 0.240 e. The summed E-state index contributed by atoms with van der Waals surface area (Å²) >= 11 is 3.27. The van der Waals surface area contributed by atoms with Crippen molar-refractivity contribution < 1.29 is 4.74 Å². The van der Waals surface area contributed by atoms with Crippen molar-refractivity contribution in [3.05, 3.63) is 22.8 Å². The van der Waals surface area contributed by atoms with Crippen LogP contribution in [0, 0.1) is 0 Å². The van der Waals surface area contributed by atoms with E-state index >= 15 is 0 Å². The van der Waals surface area contributed by atoms with E-state index in [1.807, 2.05) is 19.1 Å². The van der Waals surface area contributed by atoms with Gasteiger partial charge in [-0.25, -0.2) is 10.8 Å². The number of ether oxygens (including phenoxy) is 1. The van der Waals surface area contributed by atoms with Crippen LogP contribution in [0.3, 0.4) is 0 Å². The molecule has 6 heteroatoms. The summed E-state index contributed by atoms with van der Waals surface area (Å²) in [6.45, 7) is 2.39. The Morgan fingerprint density at radius 2 is 2.50 bits per heavy atom. The van der Waals surface area contributed by atoms with Crippen LogP contribution in [-0.2, 0) is 0 Å². The lowest BCUT2D eigenvalue weighted by atomic mass is 10.5. The maximum atomic E-state index is 5.34. The highest BCUT2D eigenvalue weighted by atomic mass is 79.9. The third kappa shape index (κ3) is 2.97. The van der Waals surface area contributed by atoms with Crippen molar-refractivity contribution in [3.8, 4) is 5.88 Å². The van der Waals surface area contributed by atoms with Crippen LogP contribution >= 0.6 is 15.9 Å². The van der Waals surface area contributed by atoms with Crippen molar-refractivity contribution >= 4 is 21.9 Å². The van der Waals surface area contributed by atoms with Gasteiger partial charge in [0.1, 0.15) is 6.61 Å². The summed E-state index contributed by atoms with van der Waals surface area (Å²) in [7, 11) is 0. The minimum atomic E-state index is 0.323. The fourth-order valence-corrected chi connectivity index (χ4v) is 1.05. The number of rotatable bonds is 4. The first kappa shape index (κ1) is 10.9. The molecule has 0 atom stereocenters. The van der Waals surface area contributed by atoms with Crippen LogP contribution in [0.25, 0.3) is 0 Å². The van der Waals surface area contributed by atoms with Crippen LogP contribution in [0.4, 0.5) is 5.95 Å². The van der Waals surface area contributed by atoms with Gasteiger partial charge in [0.05, 0.1) is 10.7 Å². The van der Waals surface area contributed by atoms with Gasteiger partial charge in [0.25, 0.3) is 0 Å². The van der Waals surface area contributed by atoms with E-state index in [-0.39, 0.29) is 0 Å². The molecule has 0 saturated carbocycles. The van der Waals surface area contributed by atoms with Crippen molar-refractivity contribution in [3.63, 3.8) is 0 Å². The third-order valence-corrected chi connectivity index (χ3v) is 1.94. The molecule has 3 N–H and O–H groups in total. The molecule has 0 aromatic carbocycles. The molecule has 0 aliphatic heterocycles. The molecule has 1 rings (SSSR count). The Kier molecular flexibility index (Phi) is 4.34. The van der Waals surface area contributed by atoms with Crippen LogP contribution in [0.15, 0.2) is 22.8 Å². The molecule has 0 unspecified atom stereocenters. The van der Waals surface area contributed by atoms with Crippen molar-refractivity contribution in [2.75, 3.05) is 12.0 Å². The van der Waals surface area contributed by atoms with Gasteiger partial charge in [-0.15, -0.1) is 0 Å². The van der Waals surface area contributed by atoms with Gasteiger partial charge < -0.3 is 4.74 Å². The van der Waals surface area contributed by atoms with Gasteiger partial charge in [-0.3, -0.25) is 5.43 Å². The van der Waals surface area contributed by atoms with E-state index in [9.17, 15) is 0 Å².